The minimum atomic E-state index is 1.26. The minimum absolute atomic E-state index is 1.26. The third-order valence-electron chi connectivity index (χ3n) is 11.5. The molecular formula is C50H28. The molecule has 12 aromatic rings. The molecule has 0 heteroatoms. The molecule has 0 aromatic heterocycles. The molecule has 0 saturated carbocycles. The largest absolute Gasteiger partial charge is 0.0616 e. The van der Waals surface area contributed by atoms with Crippen molar-refractivity contribution in [2.75, 3.05) is 0 Å². The zero-order valence-corrected chi connectivity index (χ0v) is 27.2. The van der Waals surface area contributed by atoms with Crippen molar-refractivity contribution in [2.45, 2.75) is 0 Å². The van der Waals surface area contributed by atoms with E-state index in [2.05, 4.69) is 170 Å². The summed E-state index contributed by atoms with van der Waals surface area (Å²) in [6.45, 7) is 0. The molecule has 0 atom stereocenters. The fraction of sp³-hybridized carbons (Fsp3) is 0. The first kappa shape index (κ1) is 26.5. The monoisotopic (exact) mass is 628 g/mol. The summed E-state index contributed by atoms with van der Waals surface area (Å²) in [6.07, 6.45) is 0. The van der Waals surface area contributed by atoms with E-state index in [4.69, 9.17) is 0 Å². The van der Waals surface area contributed by atoms with Gasteiger partial charge in [0.15, 0.2) is 0 Å². The maximum atomic E-state index is 2.45. The van der Waals surface area contributed by atoms with Crippen LogP contribution in [0.1, 0.15) is 0 Å². The Balaban J connectivity index is 1.29. The van der Waals surface area contributed by atoms with Gasteiger partial charge in [-0.1, -0.05) is 158 Å². The average molecular weight is 629 g/mol. The lowest BCUT2D eigenvalue weighted by molar-refractivity contribution is 1.71. The van der Waals surface area contributed by atoms with Gasteiger partial charge in [-0.3, -0.25) is 0 Å². The van der Waals surface area contributed by atoms with E-state index < -0.39 is 0 Å². The van der Waals surface area contributed by atoms with Gasteiger partial charge in [-0.05, 0) is 131 Å². The van der Waals surface area contributed by atoms with E-state index in [1.54, 1.807) is 0 Å². The lowest BCUT2D eigenvalue weighted by Gasteiger charge is -2.22. The van der Waals surface area contributed by atoms with Crippen LogP contribution < -0.4 is 0 Å². The molecule has 0 aliphatic carbocycles. The fourth-order valence-corrected chi connectivity index (χ4v) is 9.35. The molecule has 0 amide bonds. The lowest BCUT2D eigenvalue weighted by Crippen LogP contribution is -1.94. The molecule has 0 unspecified atom stereocenters. The van der Waals surface area contributed by atoms with Gasteiger partial charge < -0.3 is 0 Å². The quantitative estimate of drug-likeness (QED) is 0.132. The Morgan fingerprint density at radius 2 is 0.540 bits per heavy atom. The number of fused-ring (bicyclic) bond motifs is 3. The Hall–Kier alpha value is -6.50. The topological polar surface area (TPSA) is 0 Å². The summed E-state index contributed by atoms with van der Waals surface area (Å²) in [5.41, 5.74) is 5.19. The number of rotatable bonds is 2. The lowest BCUT2D eigenvalue weighted by atomic mass is 9.81. The highest BCUT2D eigenvalue weighted by atomic mass is 14.2. The number of benzene rings is 12. The highest BCUT2D eigenvalue weighted by Gasteiger charge is 2.22. The second-order valence-electron chi connectivity index (χ2n) is 14.0. The third kappa shape index (κ3) is 3.40. The zero-order chi connectivity index (χ0) is 32.5. The molecule has 0 N–H and O–H groups in total. The average Bonchev–Trinajstić information content (AvgIpc) is 3.17. The van der Waals surface area contributed by atoms with Gasteiger partial charge in [0.05, 0.1) is 0 Å². The number of hydrogen-bond acceptors (Lipinski definition) is 0. The van der Waals surface area contributed by atoms with E-state index in [-0.39, 0.29) is 0 Å². The van der Waals surface area contributed by atoms with E-state index in [1.807, 2.05) is 0 Å². The highest BCUT2D eigenvalue weighted by Crippen LogP contribution is 2.50. The van der Waals surface area contributed by atoms with Crippen molar-refractivity contribution in [1.29, 1.82) is 0 Å². The van der Waals surface area contributed by atoms with E-state index in [0.29, 0.717) is 0 Å². The minimum Gasteiger partial charge on any atom is -0.0616 e. The van der Waals surface area contributed by atoms with Gasteiger partial charge in [0.2, 0.25) is 0 Å². The maximum Gasteiger partial charge on any atom is -0.00199 e. The predicted molar refractivity (Wildman–Crippen MR) is 217 cm³/mol. The second kappa shape index (κ2) is 9.56. The summed E-state index contributed by atoms with van der Waals surface area (Å²) >= 11 is 0. The third-order valence-corrected chi connectivity index (χ3v) is 11.5. The Bertz CT molecular complexity index is 3110. The summed E-state index contributed by atoms with van der Waals surface area (Å²) in [5.74, 6) is 0. The van der Waals surface area contributed by atoms with E-state index >= 15 is 0 Å². The number of hydrogen-bond donors (Lipinski definition) is 0. The van der Waals surface area contributed by atoms with Crippen LogP contribution in [-0.2, 0) is 0 Å². The zero-order valence-electron chi connectivity index (χ0n) is 27.2. The van der Waals surface area contributed by atoms with Crippen LogP contribution in [0, 0.1) is 0 Å². The summed E-state index contributed by atoms with van der Waals surface area (Å²) in [6, 6.07) is 64.0. The van der Waals surface area contributed by atoms with Gasteiger partial charge in [-0.25, -0.2) is 0 Å². The van der Waals surface area contributed by atoms with Crippen molar-refractivity contribution < 1.29 is 0 Å². The molecule has 50 heavy (non-hydrogen) atoms. The van der Waals surface area contributed by atoms with E-state index in [0.717, 1.165) is 0 Å². The Morgan fingerprint density at radius 1 is 0.200 bits per heavy atom. The second-order valence-corrected chi connectivity index (χ2v) is 14.0. The van der Waals surface area contributed by atoms with Gasteiger partial charge in [0.1, 0.15) is 0 Å². The SMILES string of the molecule is c1ccc2cc3c(-c4ccc5ccc6cccc7ccc4c5c67)c4ccccc4c(-c4ccc5ccc6cccc7ccc4c5c67)c3cc2c1. The summed E-state index contributed by atoms with van der Waals surface area (Å²) < 4.78 is 0. The molecule has 228 valence electrons. The first-order valence-electron chi connectivity index (χ1n) is 17.5. The van der Waals surface area contributed by atoms with Crippen LogP contribution in [0.3, 0.4) is 0 Å². The normalized spacial score (nSPS) is 12.4. The van der Waals surface area contributed by atoms with Gasteiger partial charge in [0.25, 0.3) is 0 Å². The Labute approximate surface area is 288 Å². The van der Waals surface area contributed by atoms with Gasteiger partial charge in [-0.2, -0.15) is 0 Å². The van der Waals surface area contributed by atoms with Crippen LogP contribution in [-0.4, -0.2) is 0 Å². The maximum absolute atomic E-state index is 2.45. The predicted octanol–water partition coefficient (Wildman–Crippen LogP) is 14.3. The van der Waals surface area contributed by atoms with Crippen LogP contribution in [0.4, 0.5) is 0 Å². The van der Waals surface area contributed by atoms with E-state index in [9.17, 15) is 0 Å². The van der Waals surface area contributed by atoms with Crippen LogP contribution in [0.5, 0.6) is 0 Å². The highest BCUT2D eigenvalue weighted by molar-refractivity contribution is 6.32. The molecule has 0 aliphatic rings. The molecule has 0 spiro atoms. The van der Waals surface area contributed by atoms with Gasteiger partial charge in [0, 0.05) is 0 Å². The van der Waals surface area contributed by atoms with Crippen molar-refractivity contribution in [1.82, 2.24) is 0 Å². The molecule has 12 aromatic carbocycles. The molecule has 0 aliphatic heterocycles. The van der Waals surface area contributed by atoms with Crippen LogP contribution in [0.2, 0.25) is 0 Å². The molecule has 0 heterocycles. The summed E-state index contributed by atoms with van der Waals surface area (Å²) in [4.78, 5) is 0. The smallest absolute Gasteiger partial charge is 0.00199 e. The van der Waals surface area contributed by atoms with Crippen molar-refractivity contribution in [3.8, 4) is 22.3 Å². The van der Waals surface area contributed by atoms with Crippen molar-refractivity contribution in [3.63, 3.8) is 0 Å². The molecule has 0 fully saturated rings. The molecule has 0 saturated heterocycles. The van der Waals surface area contributed by atoms with Crippen molar-refractivity contribution >= 4 is 97.0 Å². The van der Waals surface area contributed by atoms with Gasteiger partial charge in [-0.15, -0.1) is 0 Å². The molecular weight excluding hydrogens is 601 g/mol. The summed E-state index contributed by atoms with van der Waals surface area (Å²) in [7, 11) is 0. The van der Waals surface area contributed by atoms with Crippen LogP contribution >= 0.6 is 0 Å². The first-order chi connectivity index (χ1) is 24.8. The van der Waals surface area contributed by atoms with Crippen LogP contribution in [0.15, 0.2) is 170 Å². The Morgan fingerprint density at radius 3 is 0.980 bits per heavy atom. The standard InChI is InChI=1S/C50H28/c1-2-8-36-28-44-43(27-35(36)7-1)49(41-25-21-33-17-15-29-9-5-11-31-19-23-39(41)47(33)45(29)31)37-13-3-4-14-38(37)50(44)42-26-22-34-18-16-30-10-6-12-32-20-24-40(42)48(34)46(30)32/h1-28H. The molecule has 0 radical (unpaired) electrons. The van der Waals surface area contributed by atoms with Crippen molar-refractivity contribution in [2.24, 2.45) is 0 Å². The first-order valence-corrected chi connectivity index (χ1v) is 17.5. The van der Waals surface area contributed by atoms with E-state index in [1.165, 1.54) is 119 Å². The fourth-order valence-electron chi connectivity index (χ4n) is 9.35. The van der Waals surface area contributed by atoms with Crippen LogP contribution in [0.25, 0.3) is 119 Å². The van der Waals surface area contributed by atoms with Gasteiger partial charge >= 0.3 is 0 Å². The van der Waals surface area contributed by atoms with Crippen molar-refractivity contribution in [3.05, 3.63) is 170 Å². The Kier molecular flexibility index (Phi) is 5.06. The molecule has 12 rings (SSSR count). The summed E-state index contributed by atoms with van der Waals surface area (Å²) in [5, 5.41) is 23.5. The molecule has 0 bridgehead atoms. The molecule has 0 nitrogen and oxygen atoms in total.